The average Bonchev–Trinajstić information content (AvgIpc) is 2.47. The van der Waals surface area contributed by atoms with Gasteiger partial charge in [0.1, 0.15) is 0 Å². The molecule has 0 radical (unpaired) electrons. The molecule has 0 unspecified atom stereocenters. The second kappa shape index (κ2) is 6.89. The van der Waals surface area contributed by atoms with Gasteiger partial charge in [-0.25, -0.2) is 18.1 Å². The maximum absolute atomic E-state index is 12.4. The summed E-state index contributed by atoms with van der Waals surface area (Å²) < 4.78 is 27.2. The molecule has 0 bridgehead atoms. The Morgan fingerprint density at radius 1 is 1.19 bits per heavy atom. The molecule has 1 aromatic heterocycles. The molecule has 0 aliphatic heterocycles. The zero-order valence-corrected chi connectivity index (χ0v) is 13.1. The lowest BCUT2D eigenvalue weighted by molar-refractivity contribution is 0.578. The van der Waals surface area contributed by atoms with E-state index in [1.807, 2.05) is 6.92 Å². The monoisotopic (exact) mass is 325 g/mol. The summed E-state index contributed by atoms with van der Waals surface area (Å²) in [5.41, 5.74) is 1.19. The molecule has 112 valence electrons. The summed E-state index contributed by atoms with van der Waals surface area (Å²) in [7, 11) is -3.71. The Morgan fingerprint density at radius 3 is 2.67 bits per heavy atom. The van der Waals surface area contributed by atoms with Crippen molar-refractivity contribution in [1.82, 2.24) is 9.71 Å². The van der Waals surface area contributed by atoms with Crippen LogP contribution >= 0.6 is 11.6 Å². The highest BCUT2D eigenvalue weighted by molar-refractivity contribution is 7.89. The zero-order valence-electron chi connectivity index (χ0n) is 11.5. The number of hydrogen-bond donors (Lipinski definition) is 2. The Hall–Kier alpha value is -1.63. The lowest BCUT2D eigenvalue weighted by atomic mass is 10.2. The van der Waals surface area contributed by atoms with Crippen molar-refractivity contribution in [3.8, 4) is 0 Å². The third-order valence-electron chi connectivity index (χ3n) is 2.80. The fourth-order valence-electron chi connectivity index (χ4n) is 1.81. The first kappa shape index (κ1) is 15.8. The van der Waals surface area contributed by atoms with Crippen LogP contribution in [0.25, 0.3) is 0 Å². The molecular weight excluding hydrogens is 310 g/mol. The molecule has 2 N–H and O–H groups in total. The van der Waals surface area contributed by atoms with Crippen molar-refractivity contribution in [3.05, 3.63) is 53.2 Å². The Bertz CT molecular complexity index is 720. The lowest BCUT2D eigenvalue weighted by Gasteiger charge is -2.11. The molecule has 1 heterocycles. The van der Waals surface area contributed by atoms with Crippen molar-refractivity contribution >= 4 is 27.3 Å². The van der Waals surface area contributed by atoms with Crippen LogP contribution in [0.15, 0.2) is 47.6 Å². The molecule has 0 saturated carbocycles. The largest absolute Gasteiger partial charge is 0.383 e. The van der Waals surface area contributed by atoms with Crippen molar-refractivity contribution in [2.24, 2.45) is 0 Å². The molecule has 1 aromatic carbocycles. The van der Waals surface area contributed by atoms with Crippen LogP contribution in [0.3, 0.4) is 0 Å². The molecule has 5 nitrogen and oxygen atoms in total. The number of sulfonamides is 1. The summed E-state index contributed by atoms with van der Waals surface area (Å²) >= 11 is 6.02. The number of hydrogen-bond acceptors (Lipinski definition) is 4. The minimum atomic E-state index is -3.71. The van der Waals surface area contributed by atoms with E-state index in [4.69, 9.17) is 11.6 Å². The lowest BCUT2D eigenvalue weighted by Crippen LogP contribution is -2.25. The summed E-state index contributed by atoms with van der Waals surface area (Å²) in [6.45, 7) is 2.61. The number of aromatic nitrogens is 1. The highest BCUT2D eigenvalue weighted by Gasteiger charge is 2.19. The van der Waals surface area contributed by atoms with Gasteiger partial charge in [-0.05, 0) is 30.7 Å². The van der Waals surface area contributed by atoms with E-state index >= 15 is 0 Å². The smallest absolute Gasteiger partial charge is 0.260 e. The maximum atomic E-state index is 12.4. The second-order valence-electron chi connectivity index (χ2n) is 4.30. The van der Waals surface area contributed by atoms with E-state index in [-0.39, 0.29) is 11.6 Å². The van der Waals surface area contributed by atoms with Crippen LogP contribution in [0, 0.1) is 0 Å². The van der Waals surface area contributed by atoms with Gasteiger partial charge in [0.05, 0.1) is 5.69 Å². The molecule has 21 heavy (non-hydrogen) atoms. The first-order chi connectivity index (χ1) is 10.0. The quantitative estimate of drug-likeness (QED) is 0.856. The van der Waals surface area contributed by atoms with Crippen molar-refractivity contribution in [1.29, 1.82) is 0 Å². The van der Waals surface area contributed by atoms with Crippen LogP contribution in [0.1, 0.15) is 12.5 Å². The van der Waals surface area contributed by atoms with Crippen molar-refractivity contribution in [3.63, 3.8) is 0 Å². The SMILES string of the molecule is CCNc1cccnc1S(=O)(=O)NCc1ccccc1Cl. The molecule has 0 aliphatic carbocycles. The highest BCUT2D eigenvalue weighted by atomic mass is 35.5. The Morgan fingerprint density at radius 2 is 1.95 bits per heavy atom. The van der Waals surface area contributed by atoms with Crippen molar-refractivity contribution in [2.45, 2.75) is 18.5 Å². The van der Waals surface area contributed by atoms with Crippen LogP contribution in [-0.2, 0) is 16.6 Å². The van der Waals surface area contributed by atoms with Crippen molar-refractivity contribution in [2.75, 3.05) is 11.9 Å². The van der Waals surface area contributed by atoms with Gasteiger partial charge in [0, 0.05) is 24.3 Å². The Balaban J connectivity index is 2.21. The first-order valence-electron chi connectivity index (χ1n) is 6.46. The van der Waals surface area contributed by atoms with Crippen LogP contribution < -0.4 is 10.0 Å². The number of benzene rings is 1. The van der Waals surface area contributed by atoms with Gasteiger partial charge in [-0.2, -0.15) is 0 Å². The summed E-state index contributed by atoms with van der Waals surface area (Å²) in [5.74, 6) is 0. The van der Waals surface area contributed by atoms with Crippen LogP contribution in [0.2, 0.25) is 5.02 Å². The number of anilines is 1. The Kier molecular flexibility index (Phi) is 5.17. The second-order valence-corrected chi connectivity index (χ2v) is 6.39. The molecule has 7 heteroatoms. The zero-order chi connectivity index (χ0) is 15.3. The minimum absolute atomic E-state index is 0.0149. The third-order valence-corrected chi connectivity index (χ3v) is 4.53. The molecule has 2 rings (SSSR count). The van der Waals surface area contributed by atoms with Crippen molar-refractivity contribution < 1.29 is 8.42 Å². The summed E-state index contributed by atoms with van der Waals surface area (Å²) in [6.07, 6.45) is 1.45. The van der Waals surface area contributed by atoms with Gasteiger partial charge in [0.25, 0.3) is 10.0 Å². The number of rotatable bonds is 6. The van der Waals surface area contributed by atoms with E-state index in [0.717, 1.165) is 0 Å². The van der Waals surface area contributed by atoms with Crippen LogP contribution in [0.4, 0.5) is 5.69 Å². The summed E-state index contributed by atoms with van der Waals surface area (Å²) in [6, 6.07) is 10.5. The molecule has 2 aromatic rings. The van der Waals surface area contributed by atoms with Gasteiger partial charge in [-0.3, -0.25) is 0 Å². The fourth-order valence-corrected chi connectivity index (χ4v) is 3.13. The topological polar surface area (TPSA) is 71.1 Å². The van der Waals surface area contributed by atoms with Crippen LogP contribution in [0.5, 0.6) is 0 Å². The van der Waals surface area contributed by atoms with Gasteiger partial charge >= 0.3 is 0 Å². The number of nitrogens with zero attached hydrogens (tertiary/aromatic N) is 1. The van der Waals surface area contributed by atoms with E-state index in [1.54, 1.807) is 36.4 Å². The molecule has 0 amide bonds. The normalized spacial score (nSPS) is 11.3. The Labute approximate surface area is 129 Å². The fraction of sp³-hybridized carbons (Fsp3) is 0.214. The number of pyridine rings is 1. The predicted octanol–water partition coefficient (Wildman–Crippen LogP) is 2.65. The summed E-state index contributed by atoms with van der Waals surface area (Å²) in [4.78, 5) is 3.96. The van der Waals surface area contributed by atoms with E-state index in [0.29, 0.717) is 22.8 Å². The third kappa shape index (κ3) is 3.93. The molecule has 0 atom stereocenters. The van der Waals surface area contributed by atoms with E-state index < -0.39 is 10.0 Å². The van der Waals surface area contributed by atoms with Gasteiger partial charge in [-0.15, -0.1) is 0 Å². The number of nitrogens with one attached hydrogen (secondary N) is 2. The predicted molar refractivity (Wildman–Crippen MR) is 83.9 cm³/mol. The number of halogens is 1. The minimum Gasteiger partial charge on any atom is -0.383 e. The standard InChI is InChI=1S/C14H16ClN3O2S/c1-2-16-13-8-5-9-17-14(13)21(19,20)18-10-11-6-3-4-7-12(11)15/h3-9,16,18H,2,10H2,1H3. The van der Waals surface area contributed by atoms with Gasteiger partial charge < -0.3 is 5.32 Å². The van der Waals surface area contributed by atoms with E-state index in [1.165, 1.54) is 6.20 Å². The van der Waals surface area contributed by atoms with Gasteiger partial charge in [0.2, 0.25) is 0 Å². The van der Waals surface area contributed by atoms with E-state index in [9.17, 15) is 8.42 Å². The molecule has 0 fully saturated rings. The average molecular weight is 326 g/mol. The van der Waals surface area contributed by atoms with E-state index in [2.05, 4.69) is 15.0 Å². The molecule has 0 spiro atoms. The maximum Gasteiger partial charge on any atom is 0.260 e. The highest BCUT2D eigenvalue weighted by Crippen LogP contribution is 2.19. The van der Waals surface area contributed by atoms with Gasteiger partial charge in [-0.1, -0.05) is 29.8 Å². The summed E-state index contributed by atoms with van der Waals surface area (Å²) in [5, 5.41) is 3.49. The van der Waals surface area contributed by atoms with Gasteiger partial charge in [0.15, 0.2) is 5.03 Å². The van der Waals surface area contributed by atoms with Crippen LogP contribution in [-0.4, -0.2) is 19.9 Å². The molecule has 0 saturated heterocycles. The first-order valence-corrected chi connectivity index (χ1v) is 8.32. The molecular formula is C14H16ClN3O2S. The molecule has 0 aliphatic rings.